The molecular formula is C13H18ClN3O2. The zero-order chi connectivity index (χ0) is 14.1. The van der Waals surface area contributed by atoms with Gasteiger partial charge in [-0.25, -0.2) is 4.79 Å². The molecule has 0 saturated carbocycles. The molecule has 104 valence electrons. The summed E-state index contributed by atoms with van der Waals surface area (Å²) in [7, 11) is 0. The molecule has 0 heterocycles. The molecule has 0 saturated heterocycles. The van der Waals surface area contributed by atoms with Gasteiger partial charge in [0.2, 0.25) is 5.91 Å². The quantitative estimate of drug-likeness (QED) is 0.702. The fraction of sp³-hybridized carbons (Fsp3) is 0.385. The number of carbonyl (C=O) groups is 2. The molecule has 1 rings (SSSR count). The largest absolute Gasteiger partial charge is 0.356 e. The van der Waals surface area contributed by atoms with Gasteiger partial charge in [-0.3, -0.25) is 4.79 Å². The first-order chi connectivity index (χ1) is 9.08. The maximum atomic E-state index is 11.5. The lowest BCUT2D eigenvalue weighted by Gasteiger charge is -2.07. The van der Waals surface area contributed by atoms with Crippen molar-refractivity contribution in [2.24, 2.45) is 0 Å². The molecule has 3 amide bonds. The lowest BCUT2D eigenvalue weighted by atomic mass is 10.3. The summed E-state index contributed by atoms with van der Waals surface area (Å²) in [6, 6.07) is 6.65. The van der Waals surface area contributed by atoms with E-state index in [-0.39, 0.29) is 11.9 Å². The van der Waals surface area contributed by atoms with E-state index in [0.29, 0.717) is 23.8 Å². The summed E-state index contributed by atoms with van der Waals surface area (Å²) in [5.74, 6) is -0.0339. The molecule has 0 aromatic heterocycles. The van der Waals surface area contributed by atoms with Crippen molar-refractivity contribution < 1.29 is 9.59 Å². The Morgan fingerprint density at radius 1 is 1.05 bits per heavy atom. The normalized spacial score (nSPS) is 9.79. The van der Waals surface area contributed by atoms with Crippen LogP contribution in [0.25, 0.3) is 0 Å². The Balaban J connectivity index is 2.11. The van der Waals surface area contributed by atoms with Crippen LogP contribution in [0, 0.1) is 0 Å². The third-order valence-electron chi connectivity index (χ3n) is 2.37. The van der Waals surface area contributed by atoms with Gasteiger partial charge in [-0.1, -0.05) is 11.6 Å². The Morgan fingerprint density at radius 3 is 2.21 bits per heavy atom. The van der Waals surface area contributed by atoms with Gasteiger partial charge in [0.05, 0.1) is 0 Å². The molecule has 1 aromatic carbocycles. The molecule has 0 spiro atoms. The molecule has 3 N–H and O–H groups in total. The molecule has 0 aliphatic rings. The molecule has 19 heavy (non-hydrogen) atoms. The fourth-order valence-electron chi connectivity index (χ4n) is 1.42. The monoisotopic (exact) mass is 283 g/mol. The molecular weight excluding hydrogens is 266 g/mol. The van der Waals surface area contributed by atoms with Gasteiger partial charge < -0.3 is 16.0 Å². The van der Waals surface area contributed by atoms with Crippen LogP contribution in [0.15, 0.2) is 24.3 Å². The summed E-state index contributed by atoms with van der Waals surface area (Å²) >= 11 is 5.74. The molecule has 0 aliphatic carbocycles. The summed E-state index contributed by atoms with van der Waals surface area (Å²) in [6.07, 6.45) is 1.65. The maximum Gasteiger partial charge on any atom is 0.319 e. The van der Waals surface area contributed by atoms with E-state index in [2.05, 4.69) is 16.0 Å². The van der Waals surface area contributed by atoms with Gasteiger partial charge in [0, 0.05) is 30.7 Å². The summed E-state index contributed by atoms with van der Waals surface area (Å²) in [4.78, 5) is 22.1. The highest BCUT2D eigenvalue weighted by atomic mass is 35.5. The number of rotatable bonds is 6. The number of anilines is 1. The number of hydrogen-bond acceptors (Lipinski definition) is 2. The summed E-state index contributed by atoms with van der Waals surface area (Å²) < 4.78 is 0. The number of hydrogen-bond donors (Lipinski definition) is 3. The SMILES string of the molecule is CC(=O)NCCCCNC(=O)Nc1ccc(Cl)cc1. The van der Waals surface area contributed by atoms with Crippen molar-refractivity contribution in [2.75, 3.05) is 18.4 Å². The van der Waals surface area contributed by atoms with Crippen LogP contribution in [0.1, 0.15) is 19.8 Å². The molecule has 0 radical (unpaired) electrons. The van der Waals surface area contributed by atoms with Crippen LogP contribution >= 0.6 is 11.6 Å². The van der Waals surface area contributed by atoms with Crippen molar-refractivity contribution in [3.8, 4) is 0 Å². The average Bonchev–Trinajstić information content (AvgIpc) is 2.36. The van der Waals surface area contributed by atoms with Crippen LogP contribution in [-0.2, 0) is 4.79 Å². The van der Waals surface area contributed by atoms with Crippen LogP contribution in [0.2, 0.25) is 5.02 Å². The number of unbranched alkanes of at least 4 members (excludes halogenated alkanes) is 1. The van der Waals surface area contributed by atoms with Gasteiger partial charge in [-0.15, -0.1) is 0 Å². The maximum absolute atomic E-state index is 11.5. The van der Waals surface area contributed by atoms with Gasteiger partial charge in [0.15, 0.2) is 0 Å². The minimum atomic E-state index is -0.248. The first kappa shape index (κ1) is 15.3. The van der Waals surface area contributed by atoms with Gasteiger partial charge in [0.1, 0.15) is 0 Å². The molecule has 0 bridgehead atoms. The van der Waals surface area contributed by atoms with E-state index in [1.54, 1.807) is 24.3 Å². The van der Waals surface area contributed by atoms with Gasteiger partial charge in [-0.2, -0.15) is 0 Å². The van der Waals surface area contributed by atoms with Crippen LogP contribution in [-0.4, -0.2) is 25.0 Å². The Bertz CT molecular complexity index is 420. The topological polar surface area (TPSA) is 70.2 Å². The average molecular weight is 284 g/mol. The van der Waals surface area contributed by atoms with Gasteiger partial charge in [0.25, 0.3) is 0 Å². The van der Waals surface area contributed by atoms with E-state index in [4.69, 9.17) is 11.6 Å². The minimum absolute atomic E-state index is 0.0339. The molecule has 6 heteroatoms. The standard InChI is InChI=1S/C13H18ClN3O2/c1-10(18)15-8-2-3-9-16-13(19)17-12-6-4-11(14)5-7-12/h4-7H,2-3,8-9H2,1H3,(H,15,18)(H2,16,17,19). The number of benzene rings is 1. The van der Waals surface area contributed by atoms with Crippen molar-refractivity contribution in [1.29, 1.82) is 0 Å². The zero-order valence-corrected chi connectivity index (χ0v) is 11.6. The Morgan fingerprint density at radius 2 is 1.63 bits per heavy atom. The highest BCUT2D eigenvalue weighted by Gasteiger charge is 2.00. The number of urea groups is 1. The molecule has 0 fully saturated rings. The third-order valence-corrected chi connectivity index (χ3v) is 2.62. The van der Waals surface area contributed by atoms with Crippen molar-refractivity contribution >= 4 is 29.2 Å². The van der Waals surface area contributed by atoms with Crippen LogP contribution in [0.3, 0.4) is 0 Å². The zero-order valence-electron chi connectivity index (χ0n) is 10.8. The number of nitrogens with one attached hydrogen (secondary N) is 3. The molecule has 0 aliphatic heterocycles. The molecule has 1 aromatic rings. The molecule has 5 nitrogen and oxygen atoms in total. The second kappa shape index (κ2) is 8.37. The number of halogens is 1. The third kappa shape index (κ3) is 7.31. The molecule has 0 unspecified atom stereocenters. The highest BCUT2D eigenvalue weighted by Crippen LogP contribution is 2.12. The number of carbonyl (C=O) groups excluding carboxylic acids is 2. The second-order valence-electron chi connectivity index (χ2n) is 4.08. The van der Waals surface area contributed by atoms with E-state index < -0.39 is 0 Å². The van der Waals surface area contributed by atoms with Crippen molar-refractivity contribution in [1.82, 2.24) is 10.6 Å². The van der Waals surface area contributed by atoms with Crippen molar-refractivity contribution in [2.45, 2.75) is 19.8 Å². The second-order valence-corrected chi connectivity index (χ2v) is 4.51. The van der Waals surface area contributed by atoms with Crippen LogP contribution in [0.4, 0.5) is 10.5 Å². The Kier molecular flexibility index (Phi) is 6.74. The van der Waals surface area contributed by atoms with Gasteiger partial charge in [-0.05, 0) is 37.1 Å². The van der Waals surface area contributed by atoms with Crippen molar-refractivity contribution in [3.05, 3.63) is 29.3 Å². The first-order valence-electron chi connectivity index (χ1n) is 6.13. The van der Waals surface area contributed by atoms with Crippen molar-refractivity contribution in [3.63, 3.8) is 0 Å². The lowest BCUT2D eigenvalue weighted by molar-refractivity contribution is -0.118. The summed E-state index contributed by atoms with van der Waals surface area (Å²) in [6.45, 7) is 2.69. The van der Waals surface area contributed by atoms with Gasteiger partial charge >= 0.3 is 6.03 Å². The smallest absolute Gasteiger partial charge is 0.319 e. The number of amides is 3. The lowest BCUT2D eigenvalue weighted by Crippen LogP contribution is -2.30. The van der Waals surface area contributed by atoms with Crippen LogP contribution < -0.4 is 16.0 Å². The van der Waals surface area contributed by atoms with E-state index in [1.807, 2.05) is 0 Å². The Hall–Kier alpha value is -1.75. The summed E-state index contributed by atoms with van der Waals surface area (Å²) in [5.41, 5.74) is 0.695. The van der Waals surface area contributed by atoms with E-state index >= 15 is 0 Å². The first-order valence-corrected chi connectivity index (χ1v) is 6.50. The molecule has 0 atom stereocenters. The predicted octanol–water partition coefficient (Wildman–Crippen LogP) is 2.38. The predicted molar refractivity (Wildman–Crippen MR) is 76.4 cm³/mol. The Labute approximate surface area is 117 Å². The fourth-order valence-corrected chi connectivity index (χ4v) is 1.55. The summed E-state index contributed by atoms with van der Waals surface area (Å²) in [5, 5.41) is 8.77. The van der Waals surface area contributed by atoms with E-state index in [9.17, 15) is 9.59 Å². The van der Waals surface area contributed by atoms with E-state index in [0.717, 1.165) is 12.8 Å². The van der Waals surface area contributed by atoms with Crippen LogP contribution in [0.5, 0.6) is 0 Å². The highest BCUT2D eigenvalue weighted by molar-refractivity contribution is 6.30. The van der Waals surface area contributed by atoms with E-state index in [1.165, 1.54) is 6.92 Å². The minimum Gasteiger partial charge on any atom is -0.356 e.